The summed E-state index contributed by atoms with van der Waals surface area (Å²) in [6.07, 6.45) is 4.95. The van der Waals surface area contributed by atoms with E-state index in [4.69, 9.17) is 5.73 Å². The van der Waals surface area contributed by atoms with Crippen molar-refractivity contribution in [2.45, 2.75) is 45.1 Å². The van der Waals surface area contributed by atoms with E-state index in [1.54, 1.807) is 0 Å². The molecule has 0 heterocycles. The normalized spacial score (nSPS) is 32.1. The maximum Gasteiger partial charge on any atom is 0.227 e. The van der Waals surface area contributed by atoms with Gasteiger partial charge < -0.3 is 11.1 Å². The van der Waals surface area contributed by atoms with Crippen molar-refractivity contribution >= 4 is 5.91 Å². The second-order valence-electron chi connectivity index (χ2n) is 6.68. The molecule has 3 heteroatoms. The van der Waals surface area contributed by atoms with Crippen LogP contribution in [-0.2, 0) is 17.6 Å². The number of carbonyl (C=O) groups is 1. The number of aryl methyl sites for hydroxylation is 1. The van der Waals surface area contributed by atoms with Crippen molar-refractivity contribution in [2.75, 3.05) is 6.54 Å². The first-order valence-electron chi connectivity index (χ1n) is 7.71. The average molecular weight is 272 g/mol. The minimum absolute atomic E-state index is 0.183. The first-order chi connectivity index (χ1) is 9.63. The summed E-state index contributed by atoms with van der Waals surface area (Å²) in [5.41, 5.74) is 8.39. The summed E-state index contributed by atoms with van der Waals surface area (Å²) in [5, 5.41) is 3.26. The maximum atomic E-state index is 12.5. The molecule has 2 aliphatic rings. The predicted molar refractivity (Wildman–Crippen MR) is 80.3 cm³/mol. The molecule has 0 bridgehead atoms. The fourth-order valence-corrected chi connectivity index (χ4v) is 3.88. The van der Waals surface area contributed by atoms with E-state index in [0.29, 0.717) is 12.5 Å². The van der Waals surface area contributed by atoms with Gasteiger partial charge in [-0.15, -0.1) is 0 Å². The quantitative estimate of drug-likeness (QED) is 0.884. The lowest BCUT2D eigenvalue weighted by atomic mass is 9.62. The fourth-order valence-electron chi connectivity index (χ4n) is 3.88. The minimum atomic E-state index is -0.281. The highest BCUT2D eigenvalue weighted by molar-refractivity contribution is 5.84. The summed E-state index contributed by atoms with van der Waals surface area (Å²) in [6.45, 7) is 2.67. The Morgan fingerprint density at radius 3 is 2.70 bits per heavy atom. The highest BCUT2D eigenvalue weighted by Gasteiger charge is 2.47. The van der Waals surface area contributed by atoms with E-state index in [-0.39, 0.29) is 17.4 Å². The first-order valence-corrected chi connectivity index (χ1v) is 7.71. The molecule has 0 spiro atoms. The smallest absolute Gasteiger partial charge is 0.227 e. The molecular formula is C17H24N2O. The first kappa shape index (κ1) is 13.6. The van der Waals surface area contributed by atoms with Crippen LogP contribution in [0.15, 0.2) is 24.3 Å². The summed E-state index contributed by atoms with van der Waals surface area (Å²) in [4.78, 5) is 12.5. The van der Waals surface area contributed by atoms with Crippen molar-refractivity contribution in [1.82, 2.24) is 5.32 Å². The molecule has 1 fully saturated rings. The predicted octanol–water partition coefficient (Wildman–Crippen LogP) is 2.04. The van der Waals surface area contributed by atoms with E-state index >= 15 is 0 Å². The number of rotatable bonds is 3. The third-order valence-electron chi connectivity index (χ3n) is 5.03. The Kier molecular flexibility index (Phi) is 3.55. The van der Waals surface area contributed by atoms with Gasteiger partial charge in [0.1, 0.15) is 0 Å². The number of benzene rings is 1. The molecule has 1 aromatic rings. The standard InChI is InChI=1S/C17H24N2O/c1-12-9-17(10-12,11-18)16(20)19-15-7-6-13-4-2-3-5-14(13)8-15/h2-5,12,15H,6-11,18H2,1H3,(H,19,20). The van der Waals surface area contributed by atoms with Crippen LogP contribution in [0.4, 0.5) is 0 Å². The van der Waals surface area contributed by atoms with Crippen LogP contribution in [0.3, 0.4) is 0 Å². The van der Waals surface area contributed by atoms with E-state index in [1.807, 2.05) is 0 Å². The molecule has 108 valence electrons. The number of nitrogens with two attached hydrogens (primary N) is 1. The molecule has 3 N–H and O–H groups in total. The van der Waals surface area contributed by atoms with Gasteiger partial charge in [0.2, 0.25) is 5.91 Å². The SMILES string of the molecule is CC1CC(CN)(C(=O)NC2CCc3ccccc3C2)C1. The van der Waals surface area contributed by atoms with Crippen molar-refractivity contribution < 1.29 is 4.79 Å². The monoisotopic (exact) mass is 272 g/mol. The third-order valence-corrected chi connectivity index (χ3v) is 5.03. The molecule has 0 aromatic heterocycles. The summed E-state index contributed by atoms with van der Waals surface area (Å²) < 4.78 is 0. The Morgan fingerprint density at radius 2 is 2.05 bits per heavy atom. The van der Waals surface area contributed by atoms with Gasteiger partial charge in [0.25, 0.3) is 0 Å². The summed E-state index contributed by atoms with van der Waals surface area (Å²) in [6, 6.07) is 8.83. The number of nitrogens with one attached hydrogen (secondary N) is 1. The van der Waals surface area contributed by atoms with Gasteiger partial charge in [0.05, 0.1) is 5.41 Å². The van der Waals surface area contributed by atoms with Gasteiger partial charge in [0.15, 0.2) is 0 Å². The minimum Gasteiger partial charge on any atom is -0.353 e. The summed E-state index contributed by atoms with van der Waals surface area (Å²) in [5.74, 6) is 0.818. The zero-order valence-corrected chi connectivity index (χ0v) is 12.2. The number of hydrogen-bond acceptors (Lipinski definition) is 2. The molecule has 3 rings (SSSR count). The van der Waals surface area contributed by atoms with Crippen LogP contribution < -0.4 is 11.1 Å². The lowest BCUT2D eigenvalue weighted by Gasteiger charge is -2.45. The van der Waals surface area contributed by atoms with E-state index in [2.05, 4.69) is 36.5 Å². The molecule has 1 amide bonds. The van der Waals surface area contributed by atoms with E-state index in [0.717, 1.165) is 32.1 Å². The number of hydrogen-bond donors (Lipinski definition) is 2. The van der Waals surface area contributed by atoms with Crippen LogP contribution >= 0.6 is 0 Å². The van der Waals surface area contributed by atoms with Crippen LogP contribution in [-0.4, -0.2) is 18.5 Å². The van der Waals surface area contributed by atoms with Crippen LogP contribution in [0.25, 0.3) is 0 Å². The van der Waals surface area contributed by atoms with Gasteiger partial charge in [0, 0.05) is 12.6 Å². The summed E-state index contributed by atoms with van der Waals surface area (Å²) in [7, 11) is 0. The highest BCUT2D eigenvalue weighted by Crippen LogP contribution is 2.45. The molecule has 0 aliphatic heterocycles. The van der Waals surface area contributed by atoms with Gasteiger partial charge >= 0.3 is 0 Å². The second kappa shape index (κ2) is 5.21. The zero-order chi connectivity index (χ0) is 14.2. The number of carbonyl (C=O) groups excluding carboxylic acids is 1. The van der Waals surface area contributed by atoms with Gasteiger partial charge in [-0.1, -0.05) is 31.2 Å². The van der Waals surface area contributed by atoms with Gasteiger partial charge in [-0.2, -0.15) is 0 Å². The molecule has 0 saturated heterocycles. The Morgan fingerprint density at radius 1 is 1.35 bits per heavy atom. The topological polar surface area (TPSA) is 55.1 Å². The molecule has 0 radical (unpaired) electrons. The van der Waals surface area contributed by atoms with Crippen LogP contribution in [0.2, 0.25) is 0 Å². The second-order valence-corrected chi connectivity index (χ2v) is 6.68. The fraction of sp³-hybridized carbons (Fsp3) is 0.588. The molecule has 2 aliphatic carbocycles. The number of amides is 1. The Hall–Kier alpha value is -1.35. The zero-order valence-electron chi connectivity index (χ0n) is 12.2. The van der Waals surface area contributed by atoms with E-state index in [9.17, 15) is 4.79 Å². The van der Waals surface area contributed by atoms with Crippen LogP contribution in [0, 0.1) is 11.3 Å². The van der Waals surface area contributed by atoms with Gasteiger partial charge in [-0.05, 0) is 49.1 Å². The van der Waals surface area contributed by atoms with Gasteiger partial charge in [-0.3, -0.25) is 4.79 Å². The Balaban J connectivity index is 1.64. The number of fused-ring (bicyclic) bond motifs is 1. The van der Waals surface area contributed by atoms with Crippen molar-refractivity contribution in [3.63, 3.8) is 0 Å². The molecule has 1 unspecified atom stereocenters. The van der Waals surface area contributed by atoms with Crippen molar-refractivity contribution in [3.8, 4) is 0 Å². The third kappa shape index (κ3) is 2.35. The highest BCUT2D eigenvalue weighted by atomic mass is 16.2. The molecule has 1 atom stereocenters. The molecule has 1 aromatic carbocycles. The van der Waals surface area contributed by atoms with Crippen molar-refractivity contribution in [1.29, 1.82) is 0 Å². The molecule has 3 nitrogen and oxygen atoms in total. The lowest BCUT2D eigenvalue weighted by molar-refractivity contribution is -0.138. The lowest BCUT2D eigenvalue weighted by Crippen LogP contribution is -2.56. The van der Waals surface area contributed by atoms with Gasteiger partial charge in [-0.25, -0.2) is 0 Å². The largest absolute Gasteiger partial charge is 0.353 e. The average Bonchev–Trinajstić information content (AvgIpc) is 2.43. The van der Waals surface area contributed by atoms with Crippen LogP contribution in [0.1, 0.15) is 37.3 Å². The molecular weight excluding hydrogens is 248 g/mol. The van der Waals surface area contributed by atoms with Crippen molar-refractivity contribution in [2.24, 2.45) is 17.1 Å². The maximum absolute atomic E-state index is 12.5. The summed E-state index contributed by atoms with van der Waals surface area (Å²) >= 11 is 0. The van der Waals surface area contributed by atoms with E-state index < -0.39 is 0 Å². The Bertz CT molecular complexity index is 505. The van der Waals surface area contributed by atoms with Crippen LogP contribution in [0.5, 0.6) is 0 Å². The molecule has 20 heavy (non-hydrogen) atoms. The Labute approximate surface area is 120 Å². The van der Waals surface area contributed by atoms with Crippen molar-refractivity contribution in [3.05, 3.63) is 35.4 Å². The molecule has 1 saturated carbocycles. The van der Waals surface area contributed by atoms with E-state index in [1.165, 1.54) is 11.1 Å².